The maximum absolute atomic E-state index is 10.3. The molecule has 1 rings (SSSR count). The number of hydrogen-bond donors (Lipinski definition) is 2. The Morgan fingerprint density at radius 1 is 1.41 bits per heavy atom. The van der Waals surface area contributed by atoms with Crippen molar-refractivity contribution in [3.05, 3.63) is 29.8 Å². The zero-order valence-corrected chi connectivity index (χ0v) is 11.0. The Balaban J connectivity index is 2.55. The minimum atomic E-state index is -0.721. The normalized spacial score (nSPS) is 14.4. The van der Waals surface area contributed by atoms with Crippen molar-refractivity contribution in [2.24, 2.45) is 0 Å². The van der Waals surface area contributed by atoms with Gasteiger partial charge in [-0.15, -0.1) is 0 Å². The van der Waals surface area contributed by atoms with Gasteiger partial charge < -0.3 is 15.2 Å². The number of benzene rings is 1. The molecule has 1 aromatic carbocycles. The minimum absolute atomic E-state index is 0.609. The highest BCUT2D eigenvalue weighted by Crippen LogP contribution is 2.17. The molecule has 0 aliphatic carbocycles. The predicted octanol–water partition coefficient (Wildman–Crippen LogP) is 1.99. The van der Waals surface area contributed by atoms with Crippen molar-refractivity contribution in [3.8, 4) is 5.75 Å². The average Bonchev–Trinajstić information content (AvgIpc) is 2.29. The second-order valence-electron chi connectivity index (χ2n) is 4.70. The van der Waals surface area contributed by atoms with Crippen LogP contribution >= 0.6 is 0 Å². The van der Waals surface area contributed by atoms with Crippen LogP contribution in [0.2, 0.25) is 0 Å². The monoisotopic (exact) mass is 237 g/mol. The molecular weight excluding hydrogens is 214 g/mol. The van der Waals surface area contributed by atoms with Gasteiger partial charge in [-0.2, -0.15) is 0 Å². The van der Waals surface area contributed by atoms with E-state index in [1.807, 2.05) is 31.2 Å². The lowest BCUT2D eigenvalue weighted by Gasteiger charge is -2.24. The zero-order chi connectivity index (χ0) is 12.7. The highest BCUT2D eigenvalue weighted by molar-refractivity contribution is 5.29. The van der Waals surface area contributed by atoms with Crippen LogP contribution in [0.4, 0.5) is 0 Å². The molecule has 2 N–H and O–H groups in total. The molecule has 0 aliphatic heterocycles. The van der Waals surface area contributed by atoms with Crippen molar-refractivity contribution >= 4 is 0 Å². The van der Waals surface area contributed by atoms with Crippen molar-refractivity contribution in [1.82, 2.24) is 5.32 Å². The Morgan fingerprint density at radius 3 is 2.82 bits per heavy atom. The minimum Gasteiger partial charge on any atom is -0.497 e. The van der Waals surface area contributed by atoms with Crippen molar-refractivity contribution in [2.45, 2.75) is 32.3 Å². The first-order valence-electron chi connectivity index (χ1n) is 6.13. The Hall–Kier alpha value is -1.06. The van der Waals surface area contributed by atoms with Gasteiger partial charge in [-0.3, -0.25) is 0 Å². The molecule has 17 heavy (non-hydrogen) atoms. The molecular formula is C14H23NO2. The molecule has 0 fully saturated rings. The molecule has 96 valence electrons. The Bertz CT molecular complexity index is 337. The second kappa shape index (κ2) is 6.62. The van der Waals surface area contributed by atoms with Crippen molar-refractivity contribution < 1.29 is 9.84 Å². The van der Waals surface area contributed by atoms with Crippen LogP contribution < -0.4 is 10.1 Å². The Morgan fingerprint density at radius 2 is 2.18 bits per heavy atom. The summed E-state index contributed by atoms with van der Waals surface area (Å²) in [5.74, 6) is 0.833. The summed E-state index contributed by atoms with van der Waals surface area (Å²) in [4.78, 5) is 0. The summed E-state index contributed by atoms with van der Waals surface area (Å²) in [7, 11) is 1.65. The topological polar surface area (TPSA) is 41.5 Å². The zero-order valence-electron chi connectivity index (χ0n) is 11.0. The summed E-state index contributed by atoms with van der Waals surface area (Å²) in [6, 6.07) is 7.84. The summed E-state index contributed by atoms with van der Waals surface area (Å²) < 4.78 is 5.17. The van der Waals surface area contributed by atoms with Gasteiger partial charge in [-0.25, -0.2) is 0 Å². The Labute approximate surface area is 104 Å². The first-order chi connectivity index (χ1) is 8.07. The molecule has 0 heterocycles. The third-order valence-corrected chi connectivity index (χ3v) is 2.65. The van der Waals surface area contributed by atoms with Gasteiger partial charge >= 0.3 is 0 Å². The third-order valence-electron chi connectivity index (χ3n) is 2.65. The average molecular weight is 237 g/mol. The summed E-state index contributed by atoms with van der Waals surface area (Å²) in [5, 5.41) is 13.5. The number of aliphatic hydroxyl groups is 1. The molecule has 0 aliphatic rings. The van der Waals surface area contributed by atoms with E-state index in [0.29, 0.717) is 13.0 Å². The van der Waals surface area contributed by atoms with Crippen LogP contribution in [0, 0.1) is 0 Å². The van der Waals surface area contributed by atoms with Crippen molar-refractivity contribution in [1.29, 1.82) is 0 Å². The number of rotatable bonds is 7. The van der Waals surface area contributed by atoms with E-state index in [4.69, 9.17) is 4.74 Å². The molecule has 0 spiro atoms. The highest BCUT2D eigenvalue weighted by Gasteiger charge is 2.20. The number of ether oxygens (including phenoxy) is 1. The number of nitrogens with one attached hydrogen (secondary N) is 1. The fourth-order valence-corrected chi connectivity index (χ4v) is 1.82. The molecule has 0 amide bonds. The van der Waals surface area contributed by atoms with E-state index in [2.05, 4.69) is 12.2 Å². The summed E-state index contributed by atoms with van der Waals surface area (Å²) in [5.41, 5.74) is 0.370. The fraction of sp³-hybridized carbons (Fsp3) is 0.571. The lowest BCUT2D eigenvalue weighted by atomic mass is 9.96. The molecule has 1 unspecified atom stereocenters. The summed E-state index contributed by atoms with van der Waals surface area (Å²) >= 11 is 0. The van der Waals surface area contributed by atoms with E-state index in [1.165, 1.54) is 0 Å². The van der Waals surface area contributed by atoms with Crippen molar-refractivity contribution in [2.75, 3.05) is 20.2 Å². The van der Waals surface area contributed by atoms with E-state index in [1.54, 1.807) is 7.11 Å². The molecule has 1 atom stereocenters. The molecule has 3 nitrogen and oxygen atoms in total. The van der Waals surface area contributed by atoms with Crippen LogP contribution in [0.15, 0.2) is 24.3 Å². The van der Waals surface area contributed by atoms with Crippen LogP contribution in [0.1, 0.15) is 25.8 Å². The maximum Gasteiger partial charge on any atom is 0.119 e. The van der Waals surface area contributed by atoms with Crippen LogP contribution in [0.3, 0.4) is 0 Å². The van der Waals surface area contributed by atoms with Gasteiger partial charge in [0, 0.05) is 13.0 Å². The molecule has 3 heteroatoms. The van der Waals surface area contributed by atoms with Crippen LogP contribution in [-0.2, 0) is 6.42 Å². The number of hydrogen-bond acceptors (Lipinski definition) is 3. The van der Waals surface area contributed by atoms with Gasteiger partial charge in [0.1, 0.15) is 5.75 Å². The summed E-state index contributed by atoms with van der Waals surface area (Å²) in [6.45, 7) is 5.52. The standard InChI is InChI=1S/C14H23NO2/c1-4-8-15-11-14(2,16)10-12-6-5-7-13(9-12)17-3/h5-7,9,15-16H,4,8,10-11H2,1-3H3. The quantitative estimate of drug-likeness (QED) is 0.713. The second-order valence-corrected chi connectivity index (χ2v) is 4.70. The lowest BCUT2D eigenvalue weighted by molar-refractivity contribution is 0.0603. The maximum atomic E-state index is 10.3. The molecule has 0 aromatic heterocycles. The largest absolute Gasteiger partial charge is 0.497 e. The third kappa shape index (κ3) is 5.20. The van der Waals surface area contributed by atoms with E-state index >= 15 is 0 Å². The van der Waals surface area contributed by atoms with E-state index in [9.17, 15) is 5.11 Å². The number of methoxy groups -OCH3 is 1. The van der Waals surface area contributed by atoms with E-state index in [-0.39, 0.29) is 0 Å². The molecule has 1 aromatic rings. The lowest BCUT2D eigenvalue weighted by Crippen LogP contribution is -2.39. The molecule has 0 bridgehead atoms. The van der Waals surface area contributed by atoms with Gasteiger partial charge in [-0.1, -0.05) is 19.1 Å². The smallest absolute Gasteiger partial charge is 0.119 e. The van der Waals surface area contributed by atoms with E-state index in [0.717, 1.165) is 24.3 Å². The highest BCUT2D eigenvalue weighted by atomic mass is 16.5. The van der Waals surface area contributed by atoms with E-state index < -0.39 is 5.60 Å². The van der Waals surface area contributed by atoms with Gasteiger partial charge in [0.15, 0.2) is 0 Å². The van der Waals surface area contributed by atoms with Crippen LogP contribution in [0.25, 0.3) is 0 Å². The summed E-state index contributed by atoms with van der Waals surface area (Å²) in [6.07, 6.45) is 1.70. The van der Waals surface area contributed by atoms with Gasteiger partial charge in [0.25, 0.3) is 0 Å². The molecule has 0 saturated heterocycles. The van der Waals surface area contributed by atoms with Crippen LogP contribution in [0.5, 0.6) is 5.75 Å². The van der Waals surface area contributed by atoms with Gasteiger partial charge in [-0.05, 0) is 37.6 Å². The van der Waals surface area contributed by atoms with Gasteiger partial charge in [0.2, 0.25) is 0 Å². The van der Waals surface area contributed by atoms with Crippen molar-refractivity contribution in [3.63, 3.8) is 0 Å². The Kier molecular flexibility index (Phi) is 5.45. The fourth-order valence-electron chi connectivity index (χ4n) is 1.82. The first-order valence-corrected chi connectivity index (χ1v) is 6.13. The first kappa shape index (κ1) is 14.0. The van der Waals surface area contributed by atoms with Crippen LogP contribution in [-0.4, -0.2) is 30.9 Å². The predicted molar refractivity (Wildman–Crippen MR) is 70.5 cm³/mol. The molecule has 0 radical (unpaired) electrons. The SMILES string of the molecule is CCCNCC(C)(O)Cc1cccc(OC)c1. The van der Waals surface area contributed by atoms with Gasteiger partial charge in [0.05, 0.1) is 12.7 Å². The molecule has 0 saturated carbocycles.